The molecule has 0 atom stereocenters. The molecule has 1 aromatic rings. The van der Waals surface area contributed by atoms with E-state index in [1.54, 1.807) is 13.1 Å². The van der Waals surface area contributed by atoms with Crippen LogP contribution in [0.5, 0.6) is 0 Å². The van der Waals surface area contributed by atoms with Crippen LogP contribution in [0, 0.1) is 13.8 Å². The lowest BCUT2D eigenvalue weighted by atomic mass is 10.1. The second-order valence-corrected chi connectivity index (χ2v) is 3.22. The zero-order valence-electron chi connectivity index (χ0n) is 8.34. The Morgan fingerprint density at radius 1 is 1.23 bits per heavy atom. The molecule has 0 aliphatic carbocycles. The highest BCUT2D eigenvalue weighted by Gasteiger charge is 2.14. The SMILES string of the molecule is CC(=O)c1c(C)cn(C(C)=O)c1C. The van der Waals surface area contributed by atoms with Crippen molar-refractivity contribution in [2.24, 2.45) is 0 Å². The maximum absolute atomic E-state index is 11.2. The minimum absolute atomic E-state index is 0.00926. The number of aromatic nitrogens is 1. The molecular formula is C10H13NO2. The van der Waals surface area contributed by atoms with Gasteiger partial charge in [0.25, 0.3) is 0 Å². The molecule has 3 nitrogen and oxygen atoms in total. The van der Waals surface area contributed by atoms with Crippen molar-refractivity contribution in [3.63, 3.8) is 0 Å². The average molecular weight is 179 g/mol. The number of carbonyl (C=O) groups excluding carboxylic acids is 2. The number of ketones is 1. The van der Waals surface area contributed by atoms with Crippen molar-refractivity contribution in [1.82, 2.24) is 4.57 Å². The second-order valence-electron chi connectivity index (χ2n) is 3.22. The minimum Gasteiger partial charge on any atom is -0.294 e. The largest absolute Gasteiger partial charge is 0.294 e. The van der Waals surface area contributed by atoms with Crippen LogP contribution in [-0.4, -0.2) is 16.3 Å². The molecule has 1 heterocycles. The summed E-state index contributed by atoms with van der Waals surface area (Å²) in [5.74, 6) is -0.0527. The van der Waals surface area contributed by atoms with Crippen molar-refractivity contribution in [1.29, 1.82) is 0 Å². The van der Waals surface area contributed by atoms with E-state index < -0.39 is 0 Å². The molecule has 0 amide bonds. The fourth-order valence-corrected chi connectivity index (χ4v) is 1.62. The Balaban J connectivity index is 3.39. The molecule has 0 spiro atoms. The monoisotopic (exact) mass is 179 g/mol. The first-order valence-electron chi connectivity index (χ1n) is 4.15. The van der Waals surface area contributed by atoms with Crippen molar-refractivity contribution in [2.75, 3.05) is 0 Å². The summed E-state index contributed by atoms with van der Waals surface area (Å²) in [4.78, 5) is 22.3. The Bertz CT molecular complexity index is 375. The Morgan fingerprint density at radius 2 is 1.77 bits per heavy atom. The molecule has 0 N–H and O–H groups in total. The number of Topliss-reactive ketones (excluding diaryl/α,β-unsaturated/α-hetero) is 1. The van der Waals surface area contributed by atoms with E-state index in [1.807, 2.05) is 6.92 Å². The maximum atomic E-state index is 11.2. The van der Waals surface area contributed by atoms with E-state index in [4.69, 9.17) is 0 Å². The van der Waals surface area contributed by atoms with E-state index in [-0.39, 0.29) is 11.7 Å². The van der Waals surface area contributed by atoms with Crippen molar-refractivity contribution < 1.29 is 9.59 Å². The van der Waals surface area contributed by atoms with Gasteiger partial charge in [-0.1, -0.05) is 0 Å². The van der Waals surface area contributed by atoms with Gasteiger partial charge in [-0.25, -0.2) is 0 Å². The lowest BCUT2D eigenvalue weighted by molar-refractivity contribution is 0.0934. The van der Waals surface area contributed by atoms with E-state index in [1.165, 1.54) is 18.4 Å². The summed E-state index contributed by atoms with van der Waals surface area (Å²) in [5.41, 5.74) is 2.26. The van der Waals surface area contributed by atoms with Gasteiger partial charge in [0, 0.05) is 24.4 Å². The summed E-state index contributed by atoms with van der Waals surface area (Å²) < 4.78 is 1.51. The maximum Gasteiger partial charge on any atom is 0.227 e. The summed E-state index contributed by atoms with van der Waals surface area (Å²) in [5, 5.41) is 0. The standard InChI is InChI=1S/C10H13NO2/c1-6-5-11(9(4)13)7(2)10(6)8(3)12/h5H,1-4H3. The van der Waals surface area contributed by atoms with Crippen LogP contribution in [0.2, 0.25) is 0 Å². The first-order chi connectivity index (χ1) is 5.95. The van der Waals surface area contributed by atoms with Crippen LogP contribution in [0.3, 0.4) is 0 Å². The van der Waals surface area contributed by atoms with E-state index >= 15 is 0 Å². The average Bonchev–Trinajstić information content (AvgIpc) is 2.26. The highest BCUT2D eigenvalue weighted by molar-refractivity contribution is 5.98. The zero-order valence-corrected chi connectivity index (χ0v) is 8.34. The number of nitrogens with zero attached hydrogens (tertiary/aromatic N) is 1. The van der Waals surface area contributed by atoms with Crippen molar-refractivity contribution in [3.05, 3.63) is 23.0 Å². The molecule has 1 rings (SSSR count). The first kappa shape index (κ1) is 9.71. The van der Waals surface area contributed by atoms with E-state index in [9.17, 15) is 9.59 Å². The van der Waals surface area contributed by atoms with Crippen LogP contribution >= 0.6 is 0 Å². The van der Waals surface area contributed by atoms with Crippen LogP contribution in [0.25, 0.3) is 0 Å². The van der Waals surface area contributed by atoms with Gasteiger partial charge < -0.3 is 0 Å². The lowest BCUT2D eigenvalue weighted by Gasteiger charge is -1.99. The lowest BCUT2D eigenvalue weighted by Crippen LogP contribution is -2.07. The predicted molar refractivity (Wildman–Crippen MR) is 50.2 cm³/mol. The quantitative estimate of drug-likeness (QED) is 0.618. The number of hydrogen-bond acceptors (Lipinski definition) is 2. The third kappa shape index (κ3) is 1.54. The van der Waals surface area contributed by atoms with Crippen LogP contribution in [-0.2, 0) is 0 Å². The third-order valence-electron chi connectivity index (χ3n) is 2.13. The molecular weight excluding hydrogens is 166 g/mol. The highest BCUT2D eigenvalue weighted by atomic mass is 16.2. The zero-order chi connectivity index (χ0) is 10.2. The van der Waals surface area contributed by atoms with Crippen LogP contribution in [0.1, 0.15) is 40.3 Å². The number of aryl methyl sites for hydroxylation is 1. The van der Waals surface area contributed by atoms with E-state index in [2.05, 4.69) is 0 Å². The van der Waals surface area contributed by atoms with Gasteiger partial charge in [0.1, 0.15) is 0 Å². The van der Waals surface area contributed by atoms with Crippen molar-refractivity contribution in [2.45, 2.75) is 27.7 Å². The molecule has 0 saturated heterocycles. The normalized spacial score (nSPS) is 10.2. The van der Waals surface area contributed by atoms with Gasteiger partial charge in [-0.15, -0.1) is 0 Å². The minimum atomic E-state index is -0.0619. The predicted octanol–water partition coefficient (Wildman–Crippen LogP) is 1.97. The van der Waals surface area contributed by atoms with Crippen LogP contribution in [0.4, 0.5) is 0 Å². The molecule has 0 saturated carbocycles. The summed E-state index contributed by atoms with van der Waals surface area (Å²) in [6.07, 6.45) is 1.70. The fourth-order valence-electron chi connectivity index (χ4n) is 1.62. The van der Waals surface area contributed by atoms with Gasteiger partial charge in [-0.3, -0.25) is 14.2 Å². The number of hydrogen-bond donors (Lipinski definition) is 0. The van der Waals surface area contributed by atoms with Crippen molar-refractivity contribution >= 4 is 11.7 Å². The van der Waals surface area contributed by atoms with Crippen LogP contribution < -0.4 is 0 Å². The summed E-state index contributed by atoms with van der Waals surface area (Å²) in [7, 11) is 0. The van der Waals surface area contributed by atoms with Gasteiger partial charge in [-0.05, 0) is 26.3 Å². The molecule has 0 aromatic carbocycles. The fraction of sp³-hybridized carbons (Fsp3) is 0.400. The molecule has 0 bridgehead atoms. The molecule has 0 unspecified atom stereocenters. The van der Waals surface area contributed by atoms with Crippen LogP contribution in [0.15, 0.2) is 6.20 Å². The van der Waals surface area contributed by atoms with Gasteiger partial charge in [0.15, 0.2) is 5.78 Å². The molecule has 1 aromatic heterocycles. The molecule has 0 radical (unpaired) electrons. The molecule has 0 aliphatic heterocycles. The second kappa shape index (κ2) is 3.17. The number of rotatable bonds is 1. The summed E-state index contributed by atoms with van der Waals surface area (Å²) in [6.45, 7) is 6.62. The number of carbonyl (C=O) groups is 2. The topological polar surface area (TPSA) is 39.1 Å². The van der Waals surface area contributed by atoms with Gasteiger partial charge >= 0.3 is 0 Å². The Hall–Kier alpha value is -1.38. The molecule has 0 fully saturated rings. The first-order valence-corrected chi connectivity index (χ1v) is 4.15. The van der Waals surface area contributed by atoms with Gasteiger partial charge in [0.2, 0.25) is 5.91 Å². The molecule has 3 heteroatoms. The van der Waals surface area contributed by atoms with E-state index in [0.29, 0.717) is 5.56 Å². The van der Waals surface area contributed by atoms with Crippen molar-refractivity contribution in [3.8, 4) is 0 Å². The molecule has 70 valence electrons. The molecule has 0 aliphatic rings. The molecule has 13 heavy (non-hydrogen) atoms. The third-order valence-corrected chi connectivity index (χ3v) is 2.13. The summed E-state index contributed by atoms with van der Waals surface area (Å²) in [6, 6.07) is 0. The van der Waals surface area contributed by atoms with E-state index in [0.717, 1.165) is 11.3 Å². The van der Waals surface area contributed by atoms with Gasteiger partial charge in [0.05, 0.1) is 0 Å². The van der Waals surface area contributed by atoms with Gasteiger partial charge in [-0.2, -0.15) is 0 Å². The highest BCUT2D eigenvalue weighted by Crippen LogP contribution is 2.16. The smallest absolute Gasteiger partial charge is 0.227 e. The Kier molecular flexibility index (Phi) is 2.36. The Labute approximate surface area is 77.4 Å². The summed E-state index contributed by atoms with van der Waals surface area (Å²) >= 11 is 0. The Morgan fingerprint density at radius 3 is 2.00 bits per heavy atom.